The van der Waals surface area contributed by atoms with Crippen LogP contribution in [-0.2, 0) is 19.1 Å². The highest BCUT2D eigenvalue weighted by Gasteiger charge is 2.21. The van der Waals surface area contributed by atoms with E-state index in [1.807, 2.05) is 0 Å². The van der Waals surface area contributed by atoms with Crippen molar-refractivity contribution >= 4 is 17.8 Å². The van der Waals surface area contributed by atoms with Crippen molar-refractivity contribution in [2.24, 2.45) is 0 Å². The molecule has 0 aliphatic carbocycles. The van der Waals surface area contributed by atoms with Crippen molar-refractivity contribution in [1.29, 1.82) is 0 Å². The van der Waals surface area contributed by atoms with Crippen LogP contribution in [0.5, 0.6) is 0 Å². The maximum atomic E-state index is 11.5. The smallest absolute Gasteiger partial charge is 0.246 e. The first kappa shape index (κ1) is 13.4. The Balaban J connectivity index is 2.28. The van der Waals surface area contributed by atoms with Gasteiger partial charge in [-0.15, -0.1) is 0 Å². The average Bonchev–Trinajstić information content (AvgIpc) is 2.44. The summed E-state index contributed by atoms with van der Waals surface area (Å²) in [5.41, 5.74) is 0. The van der Waals surface area contributed by atoms with Crippen LogP contribution < -0.4 is 15.7 Å². The van der Waals surface area contributed by atoms with Gasteiger partial charge >= 0.3 is 0 Å². The molecule has 0 aromatic rings. The number of amides is 2. The van der Waals surface area contributed by atoms with E-state index in [0.29, 0.717) is 13.0 Å². The minimum atomic E-state index is -1.38. The Morgan fingerprint density at radius 1 is 1.41 bits per heavy atom. The summed E-state index contributed by atoms with van der Waals surface area (Å²) in [5, 5.41) is 15.2. The first-order valence-electron chi connectivity index (χ1n) is 5.44. The molecule has 0 aromatic carbocycles. The summed E-state index contributed by atoms with van der Waals surface area (Å²) in [7, 11) is 0. The number of carboxylic acid groups (broad SMARTS) is 1. The number of ether oxygens (including phenoxy) is 1. The second-order valence-electron chi connectivity index (χ2n) is 3.77. The van der Waals surface area contributed by atoms with Gasteiger partial charge in [-0.1, -0.05) is 0 Å². The Kier molecular flexibility index (Phi) is 5.41. The zero-order chi connectivity index (χ0) is 12.7. The molecule has 0 unspecified atom stereocenters. The lowest BCUT2D eigenvalue weighted by molar-refractivity contribution is -0.309. The van der Waals surface area contributed by atoms with Gasteiger partial charge < -0.3 is 25.3 Å². The lowest BCUT2D eigenvalue weighted by Crippen LogP contribution is -2.46. The number of hydrogen-bond donors (Lipinski definition) is 2. The molecule has 1 saturated heterocycles. The fourth-order valence-electron chi connectivity index (χ4n) is 1.54. The van der Waals surface area contributed by atoms with Crippen LogP contribution in [0.2, 0.25) is 0 Å². The van der Waals surface area contributed by atoms with Crippen molar-refractivity contribution in [2.45, 2.75) is 25.3 Å². The summed E-state index contributed by atoms with van der Waals surface area (Å²) in [5.74, 6) is -2.10. The van der Waals surface area contributed by atoms with Gasteiger partial charge in [-0.05, 0) is 19.3 Å². The minimum absolute atomic E-state index is 0.212. The second kappa shape index (κ2) is 6.85. The van der Waals surface area contributed by atoms with Crippen LogP contribution in [0.25, 0.3) is 0 Å². The minimum Gasteiger partial charge on any atom is -0.548 e. The van der Waals surface area contributed by atoms with Crippen molar-refractivity contribution in [3.63, 3.8) is 0 Å². The van der Waals surface area contributed by atoms with Crippen molar-refractivity contribution in [3.8, 4) is 0 Å². The molecule has 7 heteroatoms. The van der Waals surface area contributed by atoms with E-state index in [4.69, 9.17) is 0 Å². The van der Waals surface area contributed by atoms with Gasteiger partial charge in [0.25, 0.3) is 0 Å². The van der Waals surface area contributed by atoms with E-state index in [9.17, 15) is 19.5 Å². The molecule has 1 fully saturated rings. The monoisotopic (exact) mass is 243 g/mol. The van der Waals surface area contributed by atoms with Gasteiger partial charge in [0, 0.05) is 6.54 Å². The molecule has 1 rings (SSSR count). The van der Waals surface area contributed by atoms with Gasteiger partial charge in [-0.2, -0.15) is 0 Å². The Hall–Kier alpha value is -1.63. The third kappa shape index (κ3) is 5.30. The summed E-state index contributed by atoms with van der Waals surface area (Å²) >= 11 is 0. The number of nitrogens with one attached hydrogen (secondary N) is 2. The van der Waals surface area contributed by atoms with Gasteiger partial charge in [-0.25, -0.2) is 0 Å². The predicted octanol–water partition coefficient (Wildman–Crippen LogP) is -2.46. The first-order valence-corrected chi connectivity index (χ1v) is 5.44. The molecule has 7 nitrogen and oxygen atoms in total. The van der Waals surface area contributed by atoms with E-state index in [2.05, 4.69) is 15.4 Å². The molecule has 1 aliphatic heterocycles. The maximum Gasteiger partial charge on any atom is 0.246 e. The van der Waals surface area contributed by atoms with Crippen LogP contribution >= 0.6 is 0 Å². The van der Waals surface area contributed by atoms with Crippen molar-refractivity contribution in [3.05, 3.63) is 0 Å². The Labute approximate surface area is 98.5 Å². The summed E-state index contributed by atoms with van der Waals surface area (Å²) in [4.78, 5) is 32.8. The molecule has 0 saturated carbocycles. The van der Waals surface area contributed by atoms with Crippen LogP contribution in [0, 0.1) is 0 Å². The zero-order valence-corrected chi connectivity index (χ0v) is 9.36. The van der Waals surface area contributed by atoms with E-state index < -0.39 is 31.1 Å². The van der Waals surface area contributed by atoms with Gasteiger partial charge in [0.05, 0.1) is 12.6 Å². The predicted molar refractivity (Wildman–Crippen MR) is 54.6 cm³/mol. The molecule has 2 N–H and O–H groups in total. The lowest BCUT2D eigenvalue weighted by Gasteiger charge is -2.15. The number of hydrogen-bond acceptors (Lipinski definition) is 5. The van der Waals surface area contributed by atoms with Crippen LogP contribution in [-0.4, -0.2) is 43.6 Å². The molecule has 2 amide bonds. The molecule has 96 valence electrons. The normalized spacial score (nSPS) is 20.2. The third-order valence-electron chi connectivity index (χ3n) is 2.32. The molecular weight excluding hydrogens is 228 g/mol. The molecule has 1 atom stereocenters. The van der Waals surface area contributed by atoms with Gasteiger partial charge in [-0.3, -0.25) is 9.59 Å². The van der Waals surface area contributed by atoms with E-state index in [1.54, 1.807) is 0 Å². The molecule has 17 heavy (non-hydrogen) atoms. The summed E-state index contributed by atoms with van der Waals surface area (Å²) in [6, 6.07) is -0.559. The SMILES string of the molecule is O=C([O-])COCC(=O)N[C@@H]1CCCCNC1=O. The second-order valence-corrected chi connectivity index (χ2v) is 3.77. The van der Waals surface area contributed by atoms with E-state index >= 15 is 0 Å². The molecule has 1 heterocycles. The van der Waals surface area contributed by atoms with Crippen LogP contribution in [0.3, 0.4) is 0 Å². The summed E-state index contributed by atoms with van der Waals surface area (Å²) in [6.45, 7) is -0.408. The molecule has 0 bridgehead atoms. The molecule has 0 radical (unpaired) electrons. The quantitative estimate of drug-likeness (QED) is 0.556. The standard InChI is InChI=1S/C10H16N2O5/c13-8(5-17-6-9(14)15)12-7-3-1-2-4-11-10(7)16/h7H,1-6H2,(H,11,16)(H,12,13)(H,14,15)/p-1/t7-/m1/s1. The number of carbonyl (C=O) groups is 3. The number of carbonyl (C=O) groups excluding carboxylic acids is 3. The number of rotatable bonds is 5. The lowest BCUT2D eigenvalue weighted by atomic mass is 10.1. The fraction of sp³-hybridized carbons (Fsp3) is 0.700. The van der Waals surface area contributed by atoms with Crippen LogP contribution in [0.15, 0.2) is 0 Å². The number of aliphatic carboxylic acids is 1. The Morgan fingerprint density at radius 2 is 2.18 bits per heavy atom. The molecular formula is C10H15N2O5-. The Morgan fingerprint density at radius 3 is 2.88 bits per heavy atom. The van der Waals surface area contributed by atoms with Crippen LogP contribution in [0.1, 0.15) is 19.3 Å². The summed E-state index contributed by atoms with van der Waals surface area (Å²) < 4.78 is 4.56. The van der Waals surface area contributed by atoms with Gasteiger partial charge in [0.1, 0.15) is 12.6 Å². The molecule has 0 aromatic heterocycles. The summed E-state index contributed by atoms with van der Waals surface area (Å²) in [6.07, 6.45) is 2.32. The Bertz CT molecular complexity index is 305. The topological polar surface area (TPSA) is 108 Å². The average molecular weight is 243 g/mol. The van der Waals surface area contributed by atoms with Crippen molar-refractivity contribution < 1.29 is 24.2 Å². The highest BCUT2D eigenvalue weighted by molar-refractivity contribution is 5.88. The third-order valence-corrected chi connectivity index (χ3v) is 2.32. The molecule has 1 aliphatic rings. The zero-order valence-electron chi connectivity index (χ0n) is 9.36. The largest absolute Gasteiger partial charge is 0.548 e. The van der Waals surface area contributed by atoms with Gasteiger partial charge in [0.2, 0.25) is 11.8 Å². The van der Waals surface area contributed by atoms with Crippen LogP contribution in [0.4, 0.5) is 0 Å². The number of carboxylic acids is 1. The van der Waals surface area contributed by atoms with E-state index in [0.717, 1.165) is 12.8 Å². The van der Waals surface area contributed by atoms with E-state index in [-0.39, 0.29) is 5.91 Å². The van der Waals surface area contributed by atoms with E-state index in [1.165, 1.54) is 0 Å². The fourth-order valence-corrected chi connectivity index (χ4v) is 1.54. The van der Waals surface area contributed by atoms with Crippen molar-refractivity contribution in [1.82, 2.24) is 10.6 Å². The highest BCUT2D eigenvalue weighted by Crippen LogP contribution is 2.04. The maximum absolute atomic E-state index is 11.5. The first-order chi connectivity index (χ1) is 8.09. The van der Waals surface area contributed by atoms with Crippen molar-refractivity contribution in [2.75, 3.05) is 19.8 Å². The van der Waals surface area contributed by atoms with Gasteiger partial charge in [0.15, 0.2) is 0 Å². The highest BCUT2D eigenvalue weighted by atomic mass is 16.5. The molecule has 0 spiro atoms.